The molecule has 0 fully saturated rings. The lowest BCUT2D eigenvalue weighted by Crippen LogP contribution is -2.37. The van der Waals surface area contributed by atoms with Crippen molar-refractivity contribution in [3.8, 4) is 0 Å². The fraction of sp³-hybridized carbons (Fsp3) is 0.278. The number of rotatable bonds is 7. The fourth-order valence-corrected chi connectivity index (χ4v) is 3.80. The number of para-hydroxylation sites is 1. The van der Waals surface area contributed by atoms with E-state index in [1.165, 1.54) is 35.5 Å². The summed E-state index contributed by atoms with van der Waals surface area (Å²) in [5, 5.41) is 12.6. The van der Waals surface area contributed by atoms with E-state index in [-0.39, 0.29) is 17.3 Å². The first-order valence-corrected chi connectivity index (χ1v) is 9.42. The van der Waals surface area contributed by atoms with Crippen molar-refractivity contribution in [3.05, 3.63) is 54.6 Å². The second kappa shape index (κ2) is 8.13. The maximum Gasteiger partial charge on any atom is 0.264 e. The van der Waals surface area contributed by atoms with Gasteiger partial charge in [0, 0.05) is 12.6 Å². The normalized spacial score (nSPS) is 12.4. The number of aliphatic hydroxyl groups excluding tert-OH is 1. The Bertz CT molecular complexity index is 805. The highest BCUT2D eigenvalue weighted by molar-refractivity contribution is 7.92. The minimum Gasteiger partial charge on any atom is -0.391 e. The van der Waals surface area contributed by atoms with Crippen LogP contribution < -0.4 is 9.62 Å². The van der Waals surface area contributed by atoms with E-state index in [9.17, 15) is 18.3 Å². The van der Waals surface area contributed by atoms with Gasteiger partial charge in [-0.25, -0.2) is 8.42 Å². The predicted molar refractivity (Wildman–Crippen MR) is 98.0 cm³/mol. The Kier molecular flexibility index (Phi) is 6.17. The van der Waals surface area contributed by atoms with Crippen LogP contribution in [0.5, 0.6) is 0 Å². The maximum absolute atomic E-state index is 13.0. The van der Waals surface area contributed by atoms with E-state index in [1.807, 2.05) is 0 Å². The molecule has 134 valence electrons. The molecule has 0 aliphatic carbocycles. The molecule has 1 atom stereocenters. The van der Waals surface area contributed by atoms with Crippen LogP contribution >= 0.6 is 0 Å². The van der Waals surface area contributed by atoms with Gasteiger partial charge in [0.2, 0.25) is 5.91 Å². The SMILES string of the molecule is CCC(O)CN(c1ccccc1)S(=O)(=O)c1ccc(NC(C)=O)cc1. The minimum atomic E-state index is -3.84. The largest absolute Gasteiger partial charge is 0.391 e. The van der Waals surface area contributed by atoms with E-state index < -0.39 is 16.1 Å². The van der Waals surface area contributed by atoms with Crippen LogP contribution in [0.1, 0.15) is 20.3 Å². The molecule has 0 saturated carbocycles. The van der Waals surface area contributed by atoms with Crippen LogP contribution in [0.25, 0.3) is 0 Å². The highest BCUT2D eigenvalue weighted by Crippen LogP contribution is 2.25. The fourth-order valence-electron chi connectivity index (χ4n) is 2.30. The first kappa shape index (κ1) is 19.0. The molecule has 2 aromatic carbocycles. The van der Waals surface area contributed by atoms with Crippen molar-refractivity contribution in [2.24, 2.45) is 0 Å². The summed E-state index contributed by atoms with van der Waals surface area (Å²) in [5.41, 5.74) is 1.01. The highest BCUT2D eigenvalue weighted by atomic mass is 32.2. The van der Waals surface area contributed by atoms with E-state index in [2.05, 4.69) is 5.32 Å². The van der Waals surface area contributed by atoms with Gasteiger partial charge in [-0.3, -0.25) is 9.10 Å². The number of carbonyl (C=O) groups excluding carboxylic acids is 1. The van der Waals surface area contributed by atoms with Gasteiger partial charge in [0.25, 0.3) is 10.0 Å². The van der Waals surface area contributed by atoms with Gasteiger partial charge < -0.3 is 10.4 Å². The summed E-state index contributed by atoms with van der Waals surface area (Å²) in [6.07, 6.45) is -0.325. The molecule has 0 bridgehead atoms. The monoisotopic (exact) mass is 362 g/mol. The molecule has 1 amide bonds. The van der Waals surface area contributed by atoms with Crippen molar-refractivity contribution in [1.29, 1.82) is 0 Å². The number of nitrogens with zero attached hydrogens (tertiary/aromatic N) is 1. The topological polar surface area (TPSA) is 86.7 Å². The van der Waals surface area contributed by atoms with Crippen LogP contribution in [-0.2, 0) is 14.8 Å². The van der Waals surface area contributed by atoms with Gasteiger partial charge >= 0.3 is 0 Å². The number of carbonyl (C=O) groups is 1. The third kappa shape index (κ3) is 4.80. The number of benzene rings is 2. The summed E-state index contributed by atoms with van der Waals surface area (Å²) >= 11 is 0. The number of hydrogen-bond donors (Lipinski definition) is 2. The van der Waals surface area contributed by atoms with Gasteiger partial charge in [0.15, 0.2) is 0 Å². The number of nitrogens with one attached hydrogen (secondary N) is 1. The lowest BCUT2D eigenvalue weighted by Gasteiger charge is -2.26. The van der Waals surface area contributed by atoms with Gasteiger partial charge in [0.05, 0.1) is 23.2 Å². The molecule has 0 radical (unpaired) electrons. The zero-order valence-corrected chi connectivity index (χ0v) is 15.0. The molecule has 25 heavy (non-hydrogen) atoms. The molecule has 2 aromatic rings. The molecule has 0 aliphatic rings. The number of sulfonamides is 1. The molecule has 0 heterocycles. The second-order valence-corrected chi connectivity index (χ2v) is 7.50. The van der Waals surface area contributed by atoms with Gasteiger partial charge in [-0.2, -0.15) is 0 Å². The standard InChI is InChI=1S/C18H22N2O4S/c1-3-17(22)13-20(16-7-5-4-6-8-16)25(23,24)18-11-9-15(10-12-18)19-14(2)21/h4-12,17,22H,3,13H2,1-2H3,(H,19,21). The Morgan fingerprint density at radius 2 is 1.72 bits per heavy atom. The van der Waals surface area contributed by atoms with E-state index in [0.717, 1.165) is 0 Å². The Labute approximate surface area is 148 Å². The van der Waals surface area contributed by atoms with Crippen LogP contribution in [0.15, 0.2) is 59.5 Å². The van der Waals surface area contributed by atoms with Crippen molar-refractivity contribution >= 4 is 27.3 Å². The molecule has 0 aromatic heterocycles. The zero-order chi connectivity index (χ0) is 18.4. The van der Waals surface area contributed by atoms with Gasteiger partial charge in [-0.05, 0) is 42.8 Å². The quantitative estimate of drug-likeness (QED) is 0.793. The summed E-state index contributed by atoms with van der Waals surface area (Å²) in [6, 6.07) is 14.6. The number of anilines is 2. The van der Waals surface area contributed by atoms with Crippen molar-refractivity contribution in [1.82, 2.24) is 0 Å². The van der Waals surface area contributed by atoms with Gasteiger partial charge in [-0.15, -0.1) is 0 Å². The summed E-state index contributed by atoms with van der Waals surface area (Å²) in [6.45, 7) is 3.15. The Hall–Kier alpha value is -2.38. The van der Waals surface area contributed by atoms with Crippen molar-refractivity contribution in [2.45, 2.75) is 31.3 Å². The predicted octanol–water partition coefficient (Wildman–Crippen LogP) is 2.61. The Morgan fingerprint density at radius 1 is 1.12 bits per heavy atom. The maximum atomic E-state index is 13.0. The first-order chi connectivity index (χ1) is 11.8. The number of amides is 1. The first-order valence-electron chi connectivity index (χ1n) is 7.98. The second-order valence-electron chi connectivity index (χ2n) is 5.64. The molecule has 0 aliphatic heterocycles. The van der Waals surface area contributed by atoms with Crippen LogP contribution in [0, 0.1) is 0 Å². The minimum absolute atomic E-state index is 0.0315. The van der Waals surface area contributed by atoms with E-state index in [4.69, 9.17) is 0 Å². The smallest absolute Gasteiger partial charge is 0.264 e. The van der Waals surface area contributed by atoms with Crippen molar-refractivity contribution < 1.29 is 18.3 Å². The summed E-state index contributed by atoms with van der Waals surface area (Å²) in [7, 11) is -3.84. The van der Waals surface area contributed by atoms with Crippen molar-refractivity contribution in [2.75, 3.05) is 16.2 Å². The molecular formula is C18H22N2O4S. The van der Waals surface area contributed by atoms with E-state index in [0.29, 0.717) is 17.8 Å². The average Bonchev–Trinajstić information content (AvgIpc) is 2.60. The summed E-state index contributed by atoms with van der Waals surface area (Å²) in [5.74, 6) is -0.229. The third-order valence-corrected chi connectivity index (χ3v) is 5.46. The Balaban J connectivity index is 2.39. The summed E-state index contributed by atoms with van der Waals surface area (Å²) < 4.78 is 27.3. The molecular weight excluding hydrogens is 340 g/mol. The molecule has 1 unspecified atom stereocenters. The number of hydrogen-bond acceptors (Lipinski definition) is 4. The summed E-state index contributed by atoms with van der Waals surface area (Å²) in [4.78, 5) is 11.2. The molecule has 2 N–H and O–H groups in total. The molecule has 0 spiro atoms. The van der Waals surface area contributed by atoms with Gasteiger partial charge in [0.1, 0.15) is 0 Å². The van der Waals surface area contributed by atoms with Crippen LogP contribution in [0.2, 0.25) is 0 Å². The third-order valence-electron chi connectivity index (χ3n) is 3.65. The van der Waals surface area contributed by atoms with Crippen LogP contribution in [0.3, 0.4) is 0 Å². The van der Waals surface area contributed by atoms with E-state index >= 15 is 0 Å². The average molecular weight is 362 g/mol. The van der Waals surface area contributed by atoms with Gasteiger partial charge in [-0.1, -0.05) is 25.1 Å². The molecule has 0 saturated heterocycles. The zero-order valence-electron chi connectivity index (χ0n) is 14.2. The molecule has 2 rings (SSSR count). The van der Waals surface area contributed by atoms with Crippen molar-refractivity contribution in [3.63, 3.8) is 0 Å². The van der Waals surface area contributed by atoms with E-state index in [1.54, 1.807) is 37.3 Å². The molecule has 7 heteroatoms. The lowest BCUT2D eigenvalue weighted by atomic mass is 10.2. The highest BCUT2D eigenvalue weighted by Gasteiger charge is 2.26. The Morgan fingerprint density at radius 3 is 2.24 bits per heavy atom. The van der Waals surface area contributed by atoms with Crippen LogP contribution in [0.4, 0.5) is 11.4 Å². The number of aliphatic hydroxyl groups is 1. The van der Waals surface area contributed by atoms with Crippen LogP contribution in [-0.4, -0.2) is 32.1 Å². The molecule has 6 nitrogen and oxygen atoms in total. The lowest BCUT2D eigenvalue weighted by molar-refractivity contribution is -0.114.